The van der Waals surface area contributed by atoms with Crippen LogP contribution in [0.1, 0.15) is 61.7 Å². The molecule has 32 heavy (non-hydrogen) atoms. The molecule has 3 N–H and O–H groups in total. The van der Waals surface area contributed by atoms with E-state index in [1.165, 1.54) is 37.8 Å². The first kappa shape index (κ1) is 23.6. The number of rotatable bonds is 7. The van der Waals surface area contributed by atoms with Gasteiger partial charge in [-0.15, -0.1) is 0 Å². The van der Waals surface area contributed by atoms with Crippen LogP contribution in [0.5, 0.6) is 23.0 Å². The molecule has 7 heteroatoms. The molecule has 0 aliphatic heterocycles. The van der Waals surface area contributed by atoms with Crippen molar-refractivity contribution in [3.8, 4) is 23.0 Å². The van der Waals surface area contributed by atoms with Gasteiger partial charge >= 0.3 is 5.97 Å². The van der Waals surface area contributed by atoms with Crippen LogP contribution in [-0.2, 0) is 0 Å². The Morgan fingerprint density at radius 3 is 1.72 bits per heavy atom. The van der Waals surface area contributed by atoms with Crippen LogP contribution in [0.3, 0.4) is 0 Å². The van der Waals surface area contributed by atoms with Gasteiger partial charge in [0.25, 0.3) is 0 Å². The molecule has 4 rings (SSSR count). The molecule has 0 radical (unpaired) electrons. The van der Waals surface area contributed by atoms with Crippen molar-refractivity contribution in [1.29, 1.82) is 0 Å². The SMILES string of the molecule is COc1ccc(C(=O)O)cc1OC1CCCC1.COc1ccc(N)cc1OC1CCCC1. The molecule has 0 atom stereocenters. The molecule has 0 heterocycles. The van der Waals surface area contributed by atoms with Gasteiger partial charge in [0, 0.05) is 11.8 Å². The fourth-order valence-corrected chi connectivity index (χ4v) is 4.06. The standard InChI is InChI=1S/C13H16O4.C12H17NO2/c1-16-11-7-6-9(13(14)15)8-12(11)17-10-4-2-3-5-10;1-14-11-7-6-9(13)8-12(11)15-10-4-2-3-5-10/h6-8,10H,2-5H2,1H3,(H,14,15);6-8,10H,2-5,13H2,1H3. The summed E-state index contributed by atoms with van der Waals surface area (Å²) in [6.07, 6.45) is 9.71. The molecule has 2 fully saturated rings. The predicted molar refractivity (Wildman–Crippen MR) is 123 cm³/mol. The molecular formula is C25H33NO6. The summed E-state index contributed by atoms with van der Waals surface area (Å²) >= 11 is 0. The number of carboxylic acids is 1. The lowest BCUT2D eigenvalue weighted by Crippen LogP contribution is -2.12. The summed E-state index contributed by atoms with van der Waals surface area (Å²) in [4.78, 5) is 10.9. The molecule has 0 amide bonds. The number of carbonyl (C=O) groups is 1. The van der Waals surface area contributed by atoms with Crippen molar-refractivity contribution in [2.75, 3.05) is 20.0 Å². The van der Waals surface area contributed by atoms with E-state index in [0.717, 1.165) is 37.2 Å². The minimum atomic E-state index is -0.955. The molecule has 0 unspecified atom stereocenters. The Hall–Kier alpha value is -3.09. The molecule has 0 aromatic heterocycles. The van der Waals surface area contributed by atoms with Crippen molar-refractivity contribution in [3.63, 3.8) is 0 Å². The van der Waals surface area contributed by atoms with Gasteiger partial charge in [0.15, 0.2) is 23.0 Å². The maximum Gasteiger partial charge on any atom is 0.335 e. The van der Waals surface area contributed by atoms with E-state index in [2.05, 4.69) is 0 Å². The van der Waals surface area contributed by atoms with Crippen LogP contribution in [0.2, 0.25) is 0 Å². The zero-order valence-electron chi connectivity index (χ0n) is 18.8. The van der Waals surface area contributed by atoms with Gasteiger partial charge < -0.3 is 29.8 Å². The summed E-state index contributed by atoms with van der Waals surface area (Å²) in [5.74, 6) is 1.69. The second-order valence-electron chi connectivity index (χ2n) is 8.13. The molecule has 0 saturated heterocycles. The summed E-state index contributed by atoms with van der Waals surface area (Å²) < 4.78 is 22.1. The van der Waals surface area contributed by atoms with E-state index in [1.807, 2.05) is 18.2 Å². The highest BCUT2D eigenvalue weighted by Gasteiger charge is 2.20. The predicted octanol–water partition coefficient (Wildman–Crippen LogP) is 5.31. The van der Waals surface area contributed by atoms with Crippen LogP contribution >= 0.6 is 0 Å². The lowest BCUT2D eigenvalue weighted by Gasteiger charge is -2.16. The van der Waals surface area contributed by atoms with Crippen LogP contribution < -0.4 is 24.7 Å². The maximum absolute atomic E-state index is 10.9. The summed E-state index contributed by atoms with van der Waals surface area (Å²) in [5, 5.41) is 8.94. The molecule has 0 spiro atoms. The van der Waals surface area contributed by atoms with Crippen molar-refractivity contribution in [1.82, 2.24) is 0 Å². The number of nitrogen functional groups attached to an aromatic ring is 1. The normalized spacial score (nSPS) is 16.2. The summed E-state index contributed by atoms with van der Waals surface area (Å²) in [6, 6.07) is 10.2. The number of anilines is 1. The Kier molecular flexibility index (Phi) is 8.48. The van der Waals surface area contributed by atoms with Crippen molar-refractivity contribution in [2.24, 2.45) is 0 Å². The minimum Gasteiger partial charge on any atom is -0.493 e. The summed E-state index contributed by atoms with van der Waals surface area (Å²) in [6.45, 7) is 0. The van der Waals surface area contributed by atoms with Gasteiger partial charge in [0.05, 0.1) is 32.0 Å². The molecule has 2 aromatic carbocycles. The van der Waals surface area contributed by atoms with Gasteiger partial charge in [-0.05, 0) is 81.7 Å². The third-order valence-electron chi connectivity index (χ3n) is 5.79. The van der Waals surface area contributed by atoms with Crippen molar-refractivity contribution >= 4 is 11.7 Å². The first-order valence-electron chi connectivity index (χ1n) is 11.2. The average Bonchev–Trinajstić information content (AvgIpc) is 3.49. The highest BCUT2D eigenvalue weighted by molar-refractivity contribution is 5.88. The van der Waals surface area contributed by atoms with E-state index in [-0.39, 0.29) is 11.7 Å². The van der Waals surface area contributed by atoms with E-state index in [9.17, 15) is 4.79 Å². The third kappa shape index (κ3) is 6.45. The van der Waals surface area contributed by atoms with Gasteiger partial charge in [-0.3, -0.25) is 0 Å². The topological polar surface area (TPSA) is 100 Å². The Balaban J connectivity index is 0.000000182. The average molecular weight is 444 g/mol. The van der Waals surface area contributed by atoms with Gasteiger partial charge in [-0.25, -0.2) is 4.79 Å². The van der Waals surface area contributed by atoms with Gasteiger partial charge in [-0.1, -0.05) is 0 Å². The molecule has 2 aromatic rings. The Labute approximate surface area is 189 Å². The monoisotopic (exact) mass is 443 g/mol. The van der Waals surface area contributed by atoms with E-state index < -0.39 is 5.97 Å². The fraction of sp³-hybridized carbons (Fsp3) is 0.480. The Morgan fingerprint density at radius 2 is 1.25 bits per heavy atom. The first-order valence-corrected chi connectivity index (χ1v) is 11.2. The van der Waals surface area contributed by atoms with Crippen molar-refractivity contribution in [2.45, 2.75) is 63.6 Å². The minimum absolute atomic E-state index is 0.188. The van der Waals surface area contributed by atoms with Crippen LogP contribution in [0.4, 0.5) is 5.69 Å². The molecular weight excluding hydrogens is 410 g/mol. The van der Waals surface area contributed by atoms with Gasteiger partial charge in [0.2, 0.25) is 0 Å². The number of methoxy groups -OCH3 is 2. The van der Waals surface area contributed by atoms with Crippen LogP contribution in [0.25, 0.3) is 0 Å². The molecule has 2 aliphatic rings. The van der Waals surface area contributed by atoms with Crippen molar-refractivity contribution in [3.05, 3.63) is 42.0 Å². The van der Waals surface area contributed by atoms with E-state index in [4.69, 9.17) is 29.8 Å². The molecule has 174 valence electrons. The number of ether oxygens (including phenoxy) is 4. The molecule has 0 bridgehead atoms. The Morgan fingerprint density at radius 1 is 0.781 bits per heavy atom. The number of nitrogens with two attached hydrogens (primary N) is 1. The second kappa shape index (κ2) is 11.5. The largest absolute Gasteiger partial charge is 0.493 e. The molecule has 2 aliphatic carbocycles. The van der Waals surface area contributed by atoms with Gasteiger partial charge in [0.1, 0.15) is 0 Å². The van der Waals surface area contributed by atoms with E-state index in [0.29, 0.717) is 23.3 Å². The van der Waals surface area contributed by atoms with E-state index >= 15 is 0 Å². The first-order chi connectivity index (χ1) is 15.5. The lowest BCUT2D eigenvalue weighted by atomic mass is 10.2. The number of hydrogen-bond acceptors (Lipinski definition) is 6. The quantitative estimate of drug-likeness (QED) is 0.559. The third-order valence-corrected chi connectivity index (χ3v) is 5.79. The van der Waals surface area contributed by atoms with Crippen LogP contribution in [0.15, 0.2) is 36.4 Å². The number of benzene rings is 2. The Bertz CT molecular complexity index is 888. The number of carboxylic acid groups (broad SMARTS) is 1. The lowest BCUT2D eigenvalue weighted by molar-refractivity contribution is 0.0696. The maximum atomic E-state index is 10.9. The highest BCUT2D eigenvalue weighted by atomic mass is 16.5. The fourth-order valence-electron chi connectivity index (χ4n) is 4.06. The van der Waals surface area contributed by atoms with Crippen molar-refractivity contribution < 1.29 is 28.8 Å². The second-order valence-corrected chi connectivity index (χ2v) is 8.13. The van der Waals surface area contributed by atoms with Crippen LogP contribution in [0, 0.1) is 0 Å². The van der Waals surface area contributed by atoms with Gasteiger partial charge in [-0.2, -0.15) is 0 Å². The van der Waals surface area contributed by atoms with Crippen LogP contribution in [-0.4, -0.2) is 37.5 Å². The zero-order chi connectivity index (χ0) is 22.9. The summed E-state index contributed by atoms with van der Waals surface area (Å²) in [7, 11) is 3.20. The number of hydrogen-bond donors (Lipinski definition) is 2. The highest BCUT2D eigenvalue weighted by Crippen LogP contribution is 2.33. The zero-order valence-corrected chi connectivity index (χ0v) is 18.8. The van der Waals surface area contributed by atoms with E-state index in [1.54, 1.807) is 20.3 Å². The molecule has 2 saturated carbocycles. The molecule has 7 nitrogen and oxygen atoms in total. The smallest absolute Gasteiger partial charge is 0.335 e. The number of aromatic carboxylic acids is 1. The summed E-state index contributed by atoms with van der Waals surface area (Å²) in [5.41, 5.74) is 6.65.